The highest BCUT2D eigenvalue weighted by atomic mass is 15.0. The lowest BCUT2D eigenvalue weighted by Crippen LogP contribution is -2.37. The van der Waals surface area contributed by atoms with Crippen molar-refractivity contribution in [2.45, 2.75) is 50.6 Å². The van der Waals surface area contributed by atoms with Gasteiger partial charge in [0.05, 0.1) is 16.7 Å². The molecule has 136 valence electrons. The second-order valence-corrected chi connectivity index (χ2v) is 7.19. The molecule has 0 saturated carbocycles. The number of rotatable bonds is 7. The standard InChI is InChI=1S/C21H27N5/c22-12-4-8-16(14-20-25-17-9-1-2-10-18(17)26-20)24-19-11-3-6-15-7-5-13-23-21(15)19/h1-2,5,7,9-10,13,16,19,24H,3-4,6,8,11-12,14,22H2,(H,25,26)/t16-,19?/m0/s1. The van der Waals surface area contributed by atoms with Crippen LogP contribution in [0.2, 0.25) is 0 Å². The molecule has 5 heteroatoms. The molecule has 1 aliphatic rings. The first-order valence-electron chi connectivity index (χ1n) is 9.67. The van der Waals surface area contributed by atoms with Gasteiger partial charge in [-0.3, -0.25) is 4.98 Å². The van der Waals surface area contributed by atoms with Crippen molar-refractivity contribution in [2.75, 3.05) is 6.54 Å². The first kappa shape index (κ1) is 17.2. The number of hydrogen-bond acceptors (Lipinski definition) is 4. The van der Waals surface area contributed by atoms with E-state index in [1.807, 2.05) is 24.4 Å². The molecule has 0 amide bonds. The zero-order chi connectivity index (χ0) is 17.8. The number of nitrogens with zero attached hydrogens (tertiary/aromatic N) is 2. The van der Waals surface area contributed by atoms with Crippen molar-refractivity contribution < 1.29 is 0 Å². The molecule has 3 aromatic rings. The smallest absolute Gasteiger partial charge is 0.108 e. The minimum Gasteiger partial charge on any atom is -0.342 e. The summed E-state index contributed by atoms with van der Waals surface area (Å²) in [5.41, 5.74) is 10.5. The van der Waals surface area contributed by atoms with Crippen LogP contribution >= 0.6 is 0 Å². The fourth-order valence-corrected chi connectivity index (χ4v) is 4.00. The summed E-state index contributed by atoms with van der Waals surface area (Å²) in [7, 11) is 0. The fraction of sp³-hybridized carbons (Fsp3) is 0.429. The third-order valence-corrected chi connectivity index (χ3v) is 5.27. The number of aryl methyl sites for hydroxylation is 1. The molecule has 2 heterocycles. The average molecular weight is 349 g/mol. The van der Waals surface area contributed by atoms with Gasteiger partial charge in [-0.25, -0.2) is 4.98 Å². The molecule has 26 heavy (non-hydrogen) atoms. The zero-order valence-corrected chi connectivity index (χ0v) is 15.1. The Kier molecular flexibility index (Phi) is 5.27. The van der Waals surface area contributed by atoms with Gasteiger partial charge in [-0.05, 0) is 62.4 Å². The van der Waals surface area contributed by atoms with Gasteiger partial charge in [0.1, 0.15) is 5.82 Å². The number of aromatic nitrogens is 3. The normalized spacial score (nSPS) is 18.0. The van der Waals surface area contributed by atoms with Gasteiger partial charge in [0.2, 0.25) is 0 Å². The number of para-hydroxylation sites is 2. The average Bonchev–Trinajstić information content (AvgIpc) is 3.08. The largest absolute Gasteiger partial charge is 0.342 e. The van der Waals surface area contributed by atoms with Crippen LogP contribution in [0.5, 0.6) is 0 Å². The SMILES string of the molecule is NCCC[C@@H](Cc1nc2ccccc2[nH]1)NC1CCCc2cccnc21. The molecule has 1 aromatic carbocycles. The second-order valence-electron chi connectivity index (χ2n) is 7.19. The van der Waals surface area contributed by atoms with Gasteiger partial charge in [0.15, 0.2) is 0 Å². The van der Waals surface area contributed by atoms with Crippen molar-refractivity contribution >= 4 is 11.0 Å². The summed E-state index contributed by atoms with van der Waals surface area (Å²) < 4.78 is 0. The van der Waals surface area contributed by atoms with Crippen molar-refractivity contribution in [2.24, 2.45) is 5.73 Å². The Morgan fingerprint density at radius 1 is 1.23 bits per heavy atom. The Morgan fingerprint density at radius 2 is 2.15 bits per heavy atom. The van der Waals surface area contributed by atoms with E-state index < -0.39 is 0 Å². The molecule has 2 aromatic heterocycles. The summed E-state index contributed by atoms with van der Waals surface area (Å²) in [5, 5.41) is 3.86. The molecule has 0 saturated heterocycles. The van der Waals surface area contributed by atoms with Gasteiger partial charge < -0.3 is 16.0 Å². The molecule has 1 unspecified atom stereocenters. The van der Waals surface area contributed by atoms with Crippen LogP contribution in [0.25, 0.3) is 11.0 Å². The molecule has 0 aliphatic heterocycles. The topological polar surface area (TPSA) is 79.6 Å². The number of hydrogen-bond donors (Lipinski definition) is 3. The molecule has 1 aliphatic carbocycles. The van der Waals surface area contributed by atoms with Crippen LogP contribution in [-0.2, 0) is 12.8 Å². The number of benzene rings is 1. The number of nitrogens with one attached hydrogen (secondary N) is 2. The summed E-state index contributed by atoms with van der Waals surface area (Å²) in [5.74, 6) is 1.04. The number of aromatic amines is 1. The van der Waals surface area contributed by atoms with Crippen LogP contribution in [0.4, 0.5) is 0 Å². The Hall–Kier alpha value is -2.24. The highest BCUT2D eigenvalue weighted by molar-refractivity contribution is 5.74. The Morgan fingerprint density at radius 3 is 3.04 bits per heavy atom. The maximum absolute atomic E-state index is 5.78. The van der Waals surface area contributed by atoms with Crippen molar-refractivity contribution in [3.05, 3.63) is 59.7 Å². The number of fused-ring (bicyclic) bond motifs is 2. The van der Waals surface area contributed by atoms with E-state index in [0.29, 0.717) is 12.1 Å². The zero-order valence-electron chi connectivity index (χ0n) is 15.1. The molecule has 2 atom stereocenters. The third-order valence-electron chi connectivity index (χ3n) is 5.27. The van der Waals surface area contributed by atoms with Crippen molar-refractivity contribution in [1.29, 1.82) is 0 Å². The molecule has 5 nitrogen and oxygen atoms in total. The predicted octanol–water partition coefficient (Wildman–Crippen LogP) is 3.28. The lowest BCUT2D eigenvalue weighted by Gasteiger charge is -2.29. The van der Waals surface area contributed by atoms with Crippen LogP contribution < -0.4 is 11.1 Å². The number of nitrogens with two attached hydrogens (primary N) is 1. The second kappa shape index (κ2) is 7.98. The maximum Gasteiger partial charge on any atom is 0.108 e. The highest BCUT2D eigenvalue weighted by Gasteiger charge is 2.24. The molecule has 0 radical (unpaired) electrons. The number of H-pyrrole nitrogens is 1. The summed E-state index contributed by atoms with van der Waals surface area (Å²) in [6.07, 6.45) is 8.35. The van der Waals surface area contributed by atoms with E-state index in [1.54, 1.807) is 0 Å². The van der Waals surface area contributed by atoms with E-state index in [0.717, 1.165) is 55.5 Å². The summed E-state index contributed by atoms with van der Waals surface area (Å²) >= 11 is 0. The van der Waals surface area contributed by atoms with E-state index in [-0.39, 0.29) is 0 Å². The lowest BCUT2D eigenvalue weighted by atomic mass is 9.91. The molecule has 0 spiro atoms. The van der Waals surface area contributed by atoms with Crippen molar-refractivity contribution in [1.82, 2.24) is 20.3 Å². The fourth-order valence-electron chi connectivity index (χ4n) is 4.00. The predicted molar refractivity (Wildman–Crippen MR) is 105 cm³/mol. The van der Waals surface area contributed by atoms with Crippen LogP contribution in [0.15, 0.2) is 42.6 Å². The summed E-state index contributed by atoms with van der Waals surface area (Å²) in [6.45, 7) is 0.720. The molecule has 4 rings (SSSR count). The van der Waals surface area contributed by atoms with Gasteiger partial charge in [0.25, 0.3) is 0 Å². The maximum atomic E-state index is 5.78. The minimum atomic E-state index is 0.326. The Labute approximate surface area is 154 Å². The van der Waals surface area contributed by atoms with E-state index in [2.05, 4.69) is 33.5 Å². The Bertz CT molecular complexity index is 823. The van der Waals surface area contributed by atoms with Crippen molar-refractivity contribution in [3.63, 3.8) is 0 Å². The van der Waals surface area contributed by atoms with Gasteiger partial charge in [-0.15, -0.1) is 0 Å². The monoisotopic (exact) mass is 349 g/mol. The van der Waals surface area contributed by atoms with E-state index in [4.69, 9.17) is 10.7 Å². The van der Waals surface area contributed by atoms with Crippen LogP contribution in [-0.4, -0.2) is 27.5 Å². The molecule has 0 fully saturated rings. The lowest BCUT2D eigenvalue weighted by molar-refractivity contribution is 0.363. The molecular weight excluding hydrogens is 322 g/mol. The van der Waals surface area contributed by atoms with Gasteiger partial charge in [0, 0.05) is 24.7 Å². The van der Waals surface area contributed by atoms with Crippen LogP contribution in [0, 0.1) is 0 Å². The molecular formula is C21H27N5. The van der Waals surface area contributed by atoms with Crippen molar-refractivity contribution in [3.8, 4) is 0 Å². The van der Waals surface area contributed by atoms with Gasteiger partial charge in [-0.2, -0.15) is 0 Å². The van der Waals surface area contributed by atoms with Gasteiger partial charge >= 0.3 is 0 Å². The van der Waals surface area contributed by atoms with Crippen LogP contribution in [0.3, 0.4) is 0 Å². The number of imidazole rings is 1. The third kappa shape index (κ3) is 3.79. The first-order valence-corrected chi connectivity index (χ1v) is 9.67. The van der Waals surface area contributed by atoms with E-state index in [1.165, 1.54) is 17.7 Å². The van der Waals surface area contributed by atoms with E-state index in [9.17, 15) is 0 Å². The first-order chi connectivity index (χ1) is 12.8. The molecule has 4 N–H and O–H groups in total. The molecule has 0 bridgehead atoms. The Balaban J connectivity index is 1.52. The van der Waals surface area contributed by atoms with Gasteiger partial charge in [-0.1, -0.05) is 18.2 Å². The highest BCUT2D eigenvalue weighted by Crippen LogP contribution is 2.28. The summed E-state index contributed by atoms with van der Waals surface area (Å²) in [4.78, 5) is 12.9. The summed E-state index contributed by atoms with van der Waals surface area (Å²) in [6, 6.07) is 13.1. The van der Waals surface area contributed by atoms with E-state index >= 15 is 0 Å². The quantitative estimate of drug-likeness (QED) is 0.611. The number of pyridine rings is 1. The minimum absolute atomic E-state index is 0.326. The van der Waals surface area contributed by atoms with Crippen LogP contribution in [0.1, 0.15) is 48.8 Å².